The molecule has 176 valence electrons. The van der Waals surface area contributed by atoms with Crippen LogP contribution in [0.4, 0.5) is 4.79 Å². The molecule has 0 saturated carbocycles. The third-order valence-electron chi connectivity index (χ3n) is 5.10. The zero-order valence-electron chi connectivity index (χ0n) is 20.0. The van der Waals surface area contributed by atoms with Gasteiger partial charge < -0.3 is 18.9 Å². The number of carbonyl (C=O) groups excluding carboxylic acids is 1. The van der Waals surface area contributed by atoms with Gasteiger partial charge in [0.2, 0.25) is 0 Å². The maximum atomic E-state index is 12.1. The van der Waals surface area contributed by atoms with Crippen LogP contribution in [-0.4, -0.2) is 31.6 Å². The minimum atomic E-state index is -0.752. The number of carbonyl (C=O) groups is 1. The summed E-state index contributed by atoms with van der Waals surface area (Å²) < 4.78 is 22.2. The van der Waals surface area contributed by atoms with E-state index < -0.39 is 6.16 Å². The van der Waals surface area contributed by atoms with Crippen LogP contribution in [-0.2, 0) is 22.3 Å². The molecule has 0 N–H and O–H groups in total. The van der Waals surface area contributed by atoms with E-state index in [1.807, 2.05) is 24.3 Å². The van der Waals surface area contributed by atoms with Crippen LogP contribution < -0.4 is 9.47 Å². The molecule has 0 fully saturated rings. The highest BCUT2D eigenvalue weighted by Crippen LogP contribution is 2.18. The molecule has 0 amide bonds. The minimum Gasteiger partial charge on any atom is -0.395 e. The molecule has 2 atom stereocenters. The number of hydrogen-bond donors (Lipinski definition) is 0. The highest BCUT2D eigenvalue weighted by molar-refractivity contribution is 5.67. The van der Waals surface area contributed by atoms with E-state index in [0.717, 1.165) is 62.9 Å². The van der Waals surface area contributed by atoms with Crippen LogP contribution in [0.15, 0.2) is 48.5 Å². The molecule has 0 aromatic heterocycles. The Labute approximate surface area is 193 Å². The van der Waals surface area contributed by atoms with Crippen LogP contribution in [0, 0.1) is 0 Å². The lowest BCUT2D eigenvalue weighted by molar-refractivity contribution is 0.0642. The second-order valence-corrected chi connectivity index (χ2v) is 8.22. The second kappa shape index (κ2) is 14.6. The molecule has 0 aliphatic carbocycles. The number of ether oxygens (including phenoxy) is 4. The first kappa shape index (κ1) is 25.9. The molecule has 0 radical (unpaired) electrons. The van der Waals surface area contributed by atoms with Crippen molar-refractivity contribution >= 4 is 6.16 Å². The summed E-state index contributed by atoms with van der Waals surface area (Å²) >= 11 is 0. The molecule has 5 heteroatoms. The SMILES string of the molecule is CCCCOC(C)Cc1ccc(OC(=O)Oc2ccc(CC(C)OCCCC)cc2)cc1. The first-order chi connectivity index (χ1) is 15.5. The molecule has 2 aromatic rings. The fourth-order valence-corrected chi connectivity index (χ4v) is 3.24. The average Bonchev–Trinajstić information content (AvgIpc) is 2.77. The van der Waals surface area contributed by atoms with E-state index in [2.05, 4.69) is 27.7 Å². The van der Waals surface area contributed by atoms with E-state index in [-0.39, 0.29) is 12.2 Å². The van der Waals surface area contributed by atoms with Crippen molar-refractivity contribution in [1.82, 2.24) is 0 Å². The van der Waals surface area contributed by atoms with E-state index in [9.17, 15) is 4.79 Å². The van der Waals surface area contributed by atoms with Crippen LogP contribution >= 0.6 is 0 Å². The van der Waals surface area contributed by atoms with Crippen LogP contribution in [0.3, 0.4) is 0 Å². The van der Waals surface area contributed by atoms with Gasteiger partial charge in [-0.1, -0.05) is 51.0 Å². The molecule has 0 spiro atoms. The summed E-state index contributed by atoms with van der Waals surface area (Å²) in [5.41, 5.74) is 2.27. The molecule has 2 rings (SSSR count). The largest absolute Gasteiger partial charge is 0.519 e. The van der Waals surface area contributed by atoms with Gasteiger partial charge >= 0.3 is 6.16 Å². The summed E-state index contributed by atoms with van der Waals surface area (Å²) in [5, 5.41) is 0. The Morgan fingerprint density at radius 2 is 1.06 bits per heavy atom. The fourth-order valence-electron chi connectivity index (χ4n) is 3.24. The van der Waals surface area contributed by atoms with Crippen LogP contribution in [0.25, 0.3) is 0 Å². The van der Waals surface area contributed by atoms with Gasteiger partial charge in [-0.05, 0) is 74.9 Å². The third-order valence-corrected chi connectivity index (χ3v) is 5.10. The first-order valence-electron chi connectivity index (χ1n) is 11.8. The highest BCUT2D eigenvalue weighted by atomic mass is 16.7. The Morgan fingerprint density at radius 3 is 1.41 bits per heavy atom. The van der Waals surface area contributed by atoms with Crippen LogP contribution in [0.2, 0.25) is 0 Å². The monoisotopic (exact) mass is 442 g/mol. The zero-order chi connectivity index (χ0) is 23.2. The van der Waals surface area contributed by atoms with E-state index in [1.165, 1.54) is 0 Å². The second-order valence-electron chi connectivity index (χ2n) is 8.22. The first-order valence-corrected chi connectivity index (χ1v) is 11.8. The lowest BCUT2D eigenvalue weighted by Gasteiger charge is -2.13. The molecule has 0 aliphatic heterocycles. The molecule has 0 saturated heterocycles. The molecular weight excluding hydrogens is 404 g/mol. The minimum absolute atomic E-state index is 0.159. The Kier molecular flexibility index (Phi) is 11.8. The summed E-state index contributed by atoms with van der Waals surface area (Å²) in [6.07, 6.45) is 5.63. The van der Waals surface area contributed by atoms with Gasteiger partial charge in [0.15, 0.2) is 0 Å². The van der Waals surface area contributed by atoms with Gasteiger partial charge in [0, 0.05) is 13.2 Å². The molecule has 5 nitrogen and oxygen atoms in total. The van der Waals surface area contributed by atoms with Crippen molar-refractivity contribution < 1.29 is 23.7 Å². The summed E-state index contributed by atoms with van der Waals surface area (Å²) in [6.45, 7) is 10.0. The van der Waals surface area contributed by atoms with Crippen molar-refractivity contribution in [2.45, 2.75) is 78.4 Å². The Morgan fingerprint density at radius 1 is 0.688 bits per heavy atom. The zero-order valence-corrected chi connectivity index (χ0v) is 20.0. The smallest absolute Gasteiger partial charge is 0.395 e. The van der Waals surface area contributed by atoms with Crippen molar-refractivity contribution in [2.24, 2.45) is 0 Å². The maximum absolute atomic E-state index is 12.1. The standard InChI is InChI=1S/C27H38O5/c1-5-7-17-29-21(3)19-23-9-13-25(14-10-23)31-27(28)32-26-15-11-24(12-16-26)20-22(4)30-18-8-6-2/h9-16,21-22H,5-8,17-20H2,1-4H3. The predicted octanol–water partition coefficient (Wildman–Crippen LogP) is 6.76. The van der Waals surface area contributed by atoms with Gasteiger partial charge in [-0.2, -0.15) is 0 Å². The van der Waals surface area contributed by atoms with Gasteiger partial charge in [0.05, 0.1) is 12.2 Å². The number of rotatable bonds is 14. The number of unbranched alkanes of at least 4 members (excludes halogenated alkanes) is 2. The Balaban J connectivity index is 1.76. The van der Waals surface area contributed by atoms with Gasteiger partial charge in [-0.3, -0.25) is 0 Å². The third kappa shape index (κ3) is 10.3. The van der Waals surface area contributed by atoms with Gasteiger partial charge in [-0.15, -0.1) is 0 Å². The van der Waals surface area contributed by atoms with Crippen molar-refractivity contribution in [1.29, 1.82) is 0 Å². The molecule has 0 heterocycles. The lowest BCUT2D eigenvalue weighted by Crippen LogP contribution is -2.15. The maximum Gasteiger partial charge on any atom is 0.519 e. The van der Waals surface area contributed by atoms with Gasteiger partial charge in [0.25, 0.3) is 0 Å². The highest BCUT2D eigenvalue weighted by Gasteiger charge is 2.10. The van der Waals surface area contributed by atoms with Crippen molar-refractivity contribution in [3.8, 4) is 11.5 Å². The summed E-state index contributed by atoms with van der Waals surface area (Å²) in [4.78, 5) is 12.1. The van der Waals surface area contributed by atoms with Crippen molar-refractivity contribution in [3.63, 3.8) is 0 Å². The quantitative estimate of drug-likeness (QED) is 0.184. The summed E-state index contributed by atoms with van der Waals surface area (Å²) in [5.74, 6) is 0.904. The fraction of sp³-hybridized carbons (Fsp3) is 0.519. The van der Waals surface area contributed by atoms with Gasteiger partial charge in [-0.25, -0.2) is 4.79 Å². The van der Waals surface area contributed by atoms with Crippen LogP contribution in [0.5, 0.6) is 11.5 Å². The number of benzene rings is 2. The summed E-state index contributed by atoms with van der Waals surface area (Å²) in [7, 11) is 0. The molecule has 0 aliphatic rings. The van der Waals surface area contributed by atoms with E-state index in [1.54, 1.807) is 24.3 Å². The molecule has 0 bridgehead atoms. The molecular formula is C27H38O5. The summed E-state index contributed by atoms with van der Waals surface area (Å²) in [6, 6.07) is 14.9. The van der Waals surface area contributed by atoms with E-state index in [4.69, 9.17) is 18.9 Å². The van der Waals surface area contributed by atoms with Crippen molar-refractivity contribution in [3.05, 3.63) is 59.7 Å². The molecule has 32 heavy (non-hydrogen) atoms. The topological polar surface area (TPSA) is 54.0 Å². The van der Waals surface area contributed by atoms with Crippen LogP contribution in [0.1, 0.15) is 64.5 Å². The molecule has 2 unspecified atom stereocenters. The predicted molar refractivity (Wildman–Crippen MR) is 128 cm³/mol. The lowest BCUT2D eigenvalue weighted by atomic mass is 10.1. The average molecular weight is 443 g/mol. The van der Waals surface area contributed by atoms with E-state index in [0.29, 0.717) is 11.5 Å². The normalized spacial score (nSPS) is 12.9. The Hall–Kier alpha value is -2.37. The van der Waals surface area contributed by atoms with E-state index >= 15 is 0 Å². The van der Waals surface area contributed by atoms with Gasteiger partial charge in [0.1, 0.15) is 11.5 Å². The number of hydrogen-bond acceptors (Lipinski definition) is 5. The van der Waals surface area contributed by atoms with Crippen molar-refractivity contribution in [2.75, 3.05) is 13.2 Å². The molecule has 2 aromatic carbocycles. The Bertz CT molecular complexity index is 704.